The van der Waals surface area contributed by atoms with Crippen LogP contribution in [0.3, 0.4) is 0 Å². The first-order valence-corrected chi connectivity index (χ1v) is 8.36. The molecule has 0 radical (unpaired) electrons. The summed E-state index contributed by atoms with van der Waals surface area (Å²) in [6, 6.07) is 4.84. The van der Waals surface area contributed by atoms with E-state index in [2.05, 4.69) is 0 Å². The zero-order chi connectivity index (χ0) is 15.6. The van der Waals surface area contributed by atoms with Gasteiger partial charge in [-0.15, -0.1) is 0 Å². The predicted octanol–water partition coefficient (Wildman–Crippen LogP) is 0.599. The van der Waals surface area contributed by atoms with Crippen LogP contribution in [0.2, 0.25) is 0 Å². The molecule has 0 unspecified atom stereocenters. The topological polar surface area (TPSA) is 77.9 Å². The summed E-state index contributed by atoms with van der Waals surface area (Å²) in [4.78, 5) is 13.7. The lowest BCUT2D eigenvalue weighted by atomic mass is 10.0. The Hall–Kier alpha value is -1.44. The molecule has 0 bridgehead atoms. The maximum absolute atomic E-state index is 12.4. The summed E-state index contributed by atoms with van der Waals surface area (Å²) in [5, 5.41) is 8.88. The molecule has 0 fully saturated rings. The fraction of sp³-hybridized carbons (Fsp3) is 0.500. The van der Waals surface area contributed by atoms with Gasteiger partial charge in [0.2, 0.25) is 15.9 Å². The van der Waals surface area contributed by atoms with E-state index in [1.807, 2.05) is 6.92 Å². The molecular formula is C14H20N2O4S. The molecule has 1 aromatic rings. The van der Waals surface area contributed by atoms with Gasteiger partial charge in [-0.1, -0.05) is 0 Å². The van der Waals surface area contributed by atoms with E-state index >= 15 is 0 Å². The molecule has 0 saturated carbocycles. The second-order valence-corrected chi connectivity index (χ2v) is 7.02. The van der Waals surface area contributed by atoms with Gasteiger partial charge in [0.15, 0.2) is 0 Å². The van der Waals surface area contributed by atoms with E-state index in [1.165, 1.54) is 13.1 Å². The van der Waals surface area contributed by atoms with Gasteiger partial charge in [0.1, 0.15) is 0 Å². The van der Waals surface area contributed by atoms with Crippen LogP contribution in [-0.4, -0.2) is 50.5 Å². The number of aryl methyl sites for hydroxylation is 1. The lowest BCUT2D eigenvalue weighted by molar-refractivity contribution is -0.118. The summed E-state index contributed by atoms with van der Waals surface area (Å²) in [7, 11) is -2.17. The highest BCUT2D eigenvalue weighted by Gasteiger charge is 2.26. The van der Waals surface area contributed by atoms with Crippen LogP contribution in [0.4, 0.5) is 5.69 Å². The normalized spacial score (nSPS) is 15.4. The number of rotatable bonds is 5. The summed E-state index contributed by atoms with van der Waals surface area (Å²) in [5.41, 5.74) is 1.66. The number of amides is 1. The van der Waals surface area contributed by atoms with Gasteiger partial charge < -0.3 is 10.0 Å². The van der Waals surface area contributed by atoms with Crippen LogP contribution in [0.5, 0.6) is 0 Å². The number of hydrogen-bond acceptors (Lipinski definition) is 4. The Balaban J connectivity index is 2.40. The van der Waals surface area contributed by atoms with Gasteiger partial charge in [-0.25, -0.2) is 8.42 Å². The molecule has 116 valence electrons. The second-order valence-electron chi connectivity index (χ2n) is 4.98. The highest BCUT2D eigenvalue weighted by molar-refractivity contribution is 7.89. The molecule has 0 saturated heterocycles. The number of likely N-dealkylation sites (N-methyl/N-ethyl adjacent to an activating group) is 1. The third kappa shape index (κ3) is 2.95. The van der Waals surface area contributed by atoms with Crippen molar-refractivity contribution in [1.82, 2.24) is 4.31 Å². The van der Waals surface area contributed by atoms with Crippen molar-refractivity contribution in [2.45, 2.75) is 24.7 Å². The Morgan fingerprint density at radius 1 is 1.33 bits per heavy atom. The molecule has 1 aliphatic rings. The van der Waals surface area contributed by atoms with Gasteiger partial charge in [-0.05, 0) is 37.1 Å². The molecule has 1 heterocycles. The van der Waals surface area contributed by atoms with Gasteiger partial charge in [0.05, 0.1) is 11.5 Å². The maximum atomic E-state index is 12.4. The average molecular weight is 312 g/mol. The van der Waals surface area contributed by atoms with Crippen molar-refractivity contribution >= 4 is 21.6 Å². The zero-order valence-corrected chi connectivity index (χ0v) is 13.1. The van der Waals surface area contributed by atoms with Gasteiger partial charge >= 0.3 is 0 Å². The lowest BCUT2D eigenvalue weighted by Crippen LogP contribution is -2.35. The number of carbonyl (C=O) groups is 1. The fourth-order valence-electron chi connectivity index (χ4n) is 2.48. The van der Waals surface area contributed by atoms with Crippen molar-refractivity contribution in [3.05, 3.63) is 23.8 Å². The van der Waals surface area contributed by atoms with Crippen molar-refractivity contribution in [1.29, 1.82) is 0 Å². The molecule has 0 atom stereocenters. The molecule has 1 amide bonds. The smallest absolute Gasteiger partial charge is 0.242 e. The van der Waals surface area contributed by atoms with E-state index in [1.54, 1.807) is 17.0 Å². The van der Waals surface area contributed by atoms with Crippen molar-refractivity contribution < 1.29 is 18.3 Å². The van der Waals surface area contributed by atoms with Crippen molar-refractivity contribution in [2.75, 3.05) is 31.6 Å². The second kappa shape index (κ2) is 6.13. The number of aliphatic hydroxyl groups excluding tert-OH is 1. The number of hydrogen-bond donors (Lipinski definition) is 1. The fourth-order valence-corrected chi connectivity index (χ4v) is 3.70. The number of nitrogens with zero attached hydrogens (tertiary/aromatic N) is 2. The highest BCUT2D eigenvalue weighted by atomic mass is 32.2. The third-order valence-corrected chi connectivity index (χ3v) is 5.54. The van der Waals surface area contributed by atoms with Crippen molar-refractivity contribution in [3.8, 4) is 0 Å². The Morgan fingerprint density at radius 2 is 2.05 bits per heavy atom. The summed E-state index contributed by atoms with van der Waals surface area (Å²) in [6.07, 6.45) is 0.953. The SMILES string of the molecule is CCN1C(=O)CCc2cc(S(=O)(=O)N(C)CCO)ccc21. The van der Waals surface area contributed by atoms with E-state index in [-0.39, 0.29) is 24.0 Å². The zero-order valence-electron chi connectivity index (χ0n) is 12.2. The highest BCUT2D eigenvalue weighted by Crippen LogP contribution is 2.30. The standard InChI is InChI=1S/C14H20N2O4S/c1-3-16-13-6-5-12(10-11(13)4-7-14(16)18)21(19,20)15(2)8-9-17/h5-6,10,17H,3-4,7-9H2,1-2H3. The van der Waals surface area contributed by atoms with Gasteiger partial charge in [0.25, 0.3) is 0 Å². The minimum absolute atomic E-state index is 0.0546. The Kier molecular flexibility index (Phi) is 4.65. The molecule has 2 rings (SSSR count). The van der Waals surface area contributed by atoms with Crippen LogP contribution in [0.25, 0.3) is 0 Å². The monoisotopic (exact) mass is 312 g/mol. The molecule has 1 aromatic carbocycles. The molecule has 0 spiro atoms. The van der Waals surface area contributed by atoms with E-state index < -0.39 is 10.0 Å². The molecule has 0 aromatic heterocycles. The number of sulfonamides is 1. The molecule has 6 nitrogen and oxygen atoms in total. The van der Waals surface area contributed by atoms with E-state index in [9.17, 15) is 13.2 Å². The summed E-state index contributed by atoms with van der Waals surface area (Å²) < 4.78 is 25.8. The van der Waals surface area contributed by atoms with Crippen molar-refractivity contribution in [2.24, 2.45) is 0 Å². The lowest BCUT2D eigenvalue weighted by Gasteiger charge is -2.29. The van der Waals surface area contributed by atoms with Crippen LogP contribution in [0, 0.1) is 0 Å². The van der Waals surface area contributed by atoms with Crippen LogP contribution in [0.15, 0.2) is 23.1 Å². The minimum Gasteiger partial charge on any atom is -0.395 e. The summed E-state index contributed by atoms with van der Waals surface area (Å²) in [6.45, 7) is 2.30. The predicted molar refractivity (Wildman–Crippen MR) is 79.7 cm³/mol. The van der Waals surface area contributed by atoms with Crippen molar-refractivity contribution in [3.63, 3.8) is 0 Å². The Bertz CT molecular complexity index is 642. The molecular weight excluding hydrogens is 292 g/mol. The van der Waals surface area contributed by atoms with E-state index in [0.717, 1.165) is 15.6 Å². The summed E-state index contributed by atoms with van der Waals surface area (Å²) in [5.74, 6) is 0.0676. The molecule has 1 aliphatic heterocycles. The molecule has 1 N–H and O–H groups in total. The first-order chi connectivity index (χ1) is 9.91. The van der Waals surface area contributed by atoms with Crippen LogP contribution < -0.4 is 4.90 Å². The van der Waals surface area contributed by atoms with Crippen LogP contribution in [-0.2, 0) is 21.2 Å². The first kappa shape index (κ1) is 15.9. The van der Waals surface area contributed by atoms with E-state index in [0.29, 0.717) is 19.4 Å². The number of aliphatic hydroxyl groups is 1. The maximum Gasteiger partial charge on any atom is 0.242 e. The Morgan fingerprint density at radius 3 is 2.67 bits per heavy atom. The Labute approximate surface area is 125 Å². The third-order valence-electron chi connectivity index (χ3n) is 3.69. The summed E-state index contributed by atoms with van der Waals surface area (Å²) >= 11 is 0. The van der Waals surface area contributed by atoms with Crippen LogP contribution >= 0.6 is 0 Å². The number of anilines is 1. The van der Waals surface area contributed by atoms with Gasteiger partial charge in [-0.2, -0.15) is 4.31 Å². The molecule has 0 aliphatic carbocycles. The van der Waals surface area contributed by atoms with Gasteiger partial charge in [-0.3, -0.25) is 4.79 Å². The number of fused-ring (bicyclic) bond motifs is 1. The van der Waals surface area contributed by atoms with Crippen LogP contribution in [0.1, 0.15) is 18.9 Å². The quantitative estimate of drug-likeness (QED) is 0.863. The first-order valence-electron chi connectivity index (χ1n) is 6.92. The minimum atomic E-state index is -3.60. The average Bonchev–Trinajstić information content (AvgIpc) is 2.46. The number of carbonyl (C=O) groups excluding carboxylic acids is 1. The molecule has 7 heteroatoms. The van der Waals surface area contributed by atoms with E-state index in [4.69, 9.17) is 5.11 Å². The molecule has 21 heavy (non-hydrogen) atoms. The van der Waals surface area contributed by atoms with Gasteiger partial charge in [0, 0.05) is 32.2 Å². The largest absolute Gasteiger partial charge is 0.395 e. The number of benzene rings is 1.